The third-order valence-electron chi connectivity index (χ3n) is 4.21. The lowest BCUT2D eigenvalue weighted by molar-refractivity contribution is -0.121. The van der Waals surface area contributed by atoms with Crippen molar-refractivity contribution in [3.8, 4) is 0 Å². The summed E-state index contributed by atoms with van der Waals surface area (Å²) in [4.78, 5) is 29.3. The maximum Gasteiger partial charge on any atom is 0.253 e. The molecule has 2 aromatic carbocycles. The number of pyridine rings is 1. The molecule has 1 atom stereocenters. The van der Waals surface area contributed by atoms with Gasteiger partial charge >= 0.3 is 0 Å². The van der Waals surface area contributed by atoms with E-state index >= 15 is 0 Å². The second-order valence-corrected chi connectivity index (χ2v) is 6.63. The predicted octanol–water partition coefficient (Wildman–Crippen LogP) is 3.91. The Morgan fingerprint density at radius 1 is 0.929 bits per heavy atom. The Morgan fingerprint density at radius 2 is 1.64 bits per heavy atom. The molecular weight excluding hydrogens is 374 g/mol. The van der Waals surface area contributed by atoms with E-state index in [0.29, 0.717) is 17.1 Å². The average molecular weight is 394 g/mol. The maximum absolute atomic E-state index is 12.7. The number of hydrogen-bond donors (Lipinski definition) is 2. The first-order valence-electron chi connectivity index (χ1n) is 8.90. The summed E-state index contributed by atoms with van der Waals surface area (Å²) in [6.07, 6.45) is 1.78. The van der Waals surface area contributed by atoms with E-state index in [1.54, 1.807) is 30.5 Å². The zero-order valence-electron chi connectivity index (χ0n) is 15.1. The molecule has 0 saturated heterocycles. The van der Waals surface area contributed by atoms with Crippen molar-refractivity contribution in [2.45, 2.75) is 19.0 Å². The highest BCUT2D eigenvalue weighted by atomic mass is 35.5. The Bertz CT molecular complexity index is 933. The van der Waals surface area contributed by atoms with Crippen LogP contribution in [0.4, 0.5) is 0 Å². The van der Waals surface area contributed by atoms with Gasteiger partial charge in [-0.1, -0.05) is 60.1 Å². The monoisotopic (exact) mass is 393 g/mol. The first-order chi connectivity index (χ1) is 13.6. The van der Waals surface area contributed by atoms with Crippen molar-refractivity contribution >= 4 is 23.4 Å². The largest absolute Gasteiger partial charge is 0.350 e. The van der Waals surface area contributed by atoms with Gasteiger partial charge in [-0.15, -0.1) is 0 Å². The first kappa shape index (κ1) is 19.6. The van der Waals surface area contributed by atoms with Crippen LogP contribution in [0.2, 0.25) is 5.02 Å². The molecule has 0 aliphatic carbocycles. The maximum atomic E-state index is 12.7. The summed E-state index contributed by atoms with van der Waals surface area (Å²) < 4.78 is 0. The molecule has 6 heteroatoms. The average Bonchev–Trinajstić information content (AvgIpc) is 2.73. The normalized spacial score (nSPS) is 11.5. The number of benzene rings is 2. The van der Waals surface area contributed by atoms with Crippen molar-refractivity contribution < 1.29 is 9.59 Å². The highest BCUT2D eigenvalue weighted by Crippen LogP contribution is 2.20. The van der Waals surface area contributed by atoms with Crippen LogP contribution in [-0.4, -0.2) is 16.8 Å². The fourth-order valence-corrected chi connectivity index (χ4v) is 2.99. The van der Waals surface area contributed by atoms with Crippen molar-refractivity contribution in [1.29, 1.82) is 0 Å². The molecule has 5 nitrogen and oxygen atoms in total. The summed E-state index contributed by atoms with van der Waals surface area (Å²) in [5.41, 5.74) is 1.99. The molecule has 3 rings (SSSR count). The van der Waals surface area contributed by atoms with Crippen LogP contribution in [0.25, 0.3) is 0 Å². The molecule has 1 heterocycles. The van der Waals surface area contributed by atoms with E-state index in [1.165, 1.54) is 0 Å². The van der Waals surface area contributed by atoms with E-state index in [4.69, 9.17) is 11.6 Å². The number of nitrogens with zero attached hydrogens (tertiary/aromatic N) is 1. The third-order valence-corrected chi connectivity index (χ3v) is 4.54. The van der Waals surface area contributed by atoms with Crippen molar-refractivity contribution in [2.75, 3.05) is 0 Å². The summed E-state index contributed by atoms with van der Waals surface area (Å²) in [6.45, 7) is 0.333. The number of aromatic nitrogens is 1. The molecule has 1 unspecified atom stereocenters. The van der Waals surface area contributed by atoms with E-state index in [9.17, 15) is 9.59 Å². The highest BCUT2D eigenvalue weighted by Gasteiger charge is 2.20. The van der Waals surface area contributed by atoms with Crippen LogP contribution in [0.3, 0.4) is 0 Å². The third kappa shape index (κ3) is 5.41. The molecule has 3 aromatic rings. The van der Waals surface area contributed by atoms with Gasteiger partial charge in [0.25, 0.3) is 5.91 Å². The van der Waals surface area contributed by atoms with Gasteiger partial charge in [0.1, 0.15) is 0 Å². The second kappa shape index (κ2) is 9.67. The van der Waals surface area contributed by atoms with Crippen molar-refractivity contribution in [1.82, 2.24) is 15.6 Å². The van der Waals surface area contributed by atoms with Crippen LogP contribution in [0.15, 0.2) is 79.0 Å². The van der Waals surface area contributed by atoms with E-state index in [0.717, 1.165) is 11.3 Å². The highest BCUT2D eigenvalue weighted by molar-refractivity contribution is 6.33. The number of carbonyl (C=O) groups excluding carboxylic acids is 2. The second-order valence-electron chi connectivity index (χ2n) is 6.22. The molecule has 2 N–H and O–H groups in total. The van der Waals surface area contributed by atoms with Crippen LogP contribution in [-0.2, 0) is 11.3 Å². The van der Waals surface area contributed by atoms with Crippen molar-refractivity contribution in [2.24, 2.45) is 0 Å². The summed E-state index contributed by atoms with van der Waals surface area (Å²) >= 11 is 6.12. The van der Waals surface area contributed by atoms with Gasteiger partial charge in [-0.2, -0.15) is 0 Å². The van der Waals surface area contributed by atoms with E-state index in [2.05, 4.69) is 15.6 Å². The molecule has 0 fully saturated rings. The Labute approximate surface area is 168 Å². The Morgan fingerprint density at radius 3 is 2.36 bits per heavy atom. The Kier molecular flexibility index (Phi) is 6.76. The molecule has 1 aromatic heterocycles. The Balaban J connectivity index is 1.70. The molecule has 0 radical (unpaired) electrons. The van der Waals surface area contributed by atoms with Crippen LogP contribution >= 0.6 is 11.6 Å². The molecule has 0 aliphatic rings. The van der Waals surface area contributed by atoms with Crippen LogP contribution in [0.1, 0.15) is 34.1 Å². The van der Waals surface area contributed by atoms with Gasteiger partial charge in [0.2, 0.25) is 5.91 Å². The lowest BCUT2D eigenvalue weighted by atomic mass is 10.0. The quantitative estimate of drug-likeness (QED) is 0.639. The van der Waals surface area contributed by atoms with Crippen molar-refractivity contribution in [3.05, 3.63) is 101 Å². The van der Waals surface area contributed by atoms with Gasteiger partial charge in [-0.3, -0.25) is 14.6 Å². The van der Waals surface area contributed by atoms with Gasteiger partial charge in [-0.25, -0.2) is 0 Å². The zero-order chi connectivity index (χ0) is 19.8. The van der Waals surface area contributed by atoms with Crippen molar-refractivity contribution in [3.63, 3.8) is 0 Å². The van der Waals surface area contributed by atoms with E-state index < -0.39 is 6.04 Å². The van der Waals surface area contributed by atoms with Gasteiger partial charge in [0, 0.05) is 6.20 Å². The molecule has 28 heavy (non-hydrogen) atoms. The fraction of sp³-hybridized carbons (Fsp3) is 0.136. The number of hydrogen-bond acceptors (Lipinski definition) is 3. The molecule has 2 amide bonds. The molecular formula is C22H20ClN3O2. The predicted molar refractivity (Wildman–Crippen MR) is 109 cm³/mol. The summed E-state index contributed by atoms with van der Waals surface area (Å²) in [5, 5.41) is 6.13. The van der Waals surface area contributed by atoms with Gasteiger partial charge in [0.05, 0.1) is 35.3 Å². The lowest BCUT2D eigenvalue weighted by Gasteiger charge is -2.19. The number of carbonyl (C=O) groups is 2. The topological polar surface area (TPSA) is 71.1 Å². The number of nitrogens with one attached hydrogen (secondary N) is 2. The van der Waals surface area contributed by atoms with E-state index in [-0.39, 0.29) is 18.2 Å². The number of amides is 2. The minimum Gasteiger partial charge on any atom is -0.350 e. The molecule has 0 spiro atoms. The minimum absolute atomic E-state index is 0.104. The molecule has 0 aliphatic heterocycles. The fourth-order valence-electron chi connectivity index (χ4n) is 2.77. The molecule has 0 bridgehead atoms. The summed E-state index contributed by atoms with van der Waals surface area (Å²) in [5.74, 6) is -0.504. The Hall–Kier alpha value is -3.18. The lowest BCUT2D eigenvalue weighted by Crippen LogP contribution is -2.33. The van der Waals surface area contributed by atoms with Crippen LogP contribution in [0.5, 0.6) is 0 Å². The zero-order valence-corrected chi connectivity index (χ0v) is 15.9. The van der Waals surface area contributed by atoms with Gasteiger partial charge in [-0.05, 0) is 29.8 Å². The first-order valence-corrected chi connectivity index (χ1v) is 9.28. The summed E-state index contributed by atoms with van der Waals surface area (Å²) in [6, 6.07) is 21.3. The van der Waals surface area contributed by atoms with Crippen LogP contribution < -0.4 is 10.6 Å². The van der Waals surface area contributed by atoms with Gasteiger partial charge < -0.3 is 10.6 Å². The van der Waals surface area contributed by atoms with Gasteiger partial charge in [0.15, 0.2) is 0 Å². The standard InChI is InChI=1S/C22H20ClN3O2/c23-19-12-5-4-11-18(19)22(28)26-20(16-8-2-1-3-9-16)14-21(27)25-15-17-10-6-7-13-24-17/h1-13,20H,14-15H2,(H,25,27)(H,26,28). The number of halogens is 1. The van der Waals surface area contributed by atoms with Crippen LogP contribution in [0, 0.1) is 0 Å². The summed E-state index contributed by atoms with van der Waals surface area (Å²) in [7, 11) is 0. The van der Waals surface area contributed by atoms with E-state index in [1.807, 2.05) is 48.5 Å². The minimum atomic E-state index is -0.478. The number of rotatable bonds is 7. The molecule has 0 saturated carbocycles. The molecule has 142 valence electrons. The SMILES string of the molecule is O=C(CC(NC(=O)c1ccccc1Cl)c1ccccc1)NCc1ccccn1. The smallest absolute Gasteiger partial charge is 0.253 e.